The first kappa shape index (κ1) is 26.0. The van der Waals surface area contributed by atoms with E-state index in [2.05, 4.69) is 21.8 Å². The Kier molecular flexibility index (Phi) is 7.22. The zero-order valence-electron chi connectivity index (χ0n) is 21.4. The van der Waals surface area contributed by atoms with Gasteiger partial charge in [0.1, 0.15) is 23.5 Å². The zero-order valence-corrected chi connectivity index (χ0v) is 22.1. The number of aliphatic hydroxyl groups is 1. The van der Waals surface area contributed by atoms with E-state index >= 15 is 0 Å². The smallest absolute Gasteiger partial charge is 0.257 e. The highest BCUT2D eigenvalue weighted by atomic mass is 35.5. The quantitative estimate of drug-likeness (QED) is 0.588. The van der Waals surface area contributed by atoms with Crippen LogP contribution in [0, 0.1) is 25.1 Å². The molecule has 1 amide bonds. The van der Waals surface area contributed by atoms with Crippen molar-refractivity contribution in [3.63, 3.8) is 0 Å². The van der Waals surface area contributed by atoms with Crippen LogP contribution in [0.1, 0.15) is 66.1 Å². The summed E-state index contributed by atoms with van der Waals surface area (Å²) in [6.07, 6.45) is 2.47. The number of piperidine rings is 1. The van der Waals surface area contributed by atoms with E-state index in [-0.39, 0.29) is 48.5 Å². The second kappa shape index (κ2) is 10.3. The van der Waals surface area contributed by atoms with Crippen LogP contribution in [0.5, 0.6) is 5.75 Å². The summed E-state index contributed by atoms with van der Waals surface area (Å²) in [7, 11) is 0. The summed E-state index contributed by atoms with van der Waals surface area (Å²) >= 11 is 6.21. The fourth-order valence-electron chi connectivity index (χ4n) is 6.07. The van der Waals surface area contributed by atoms with Gasteiger partial charge < -0.3 is 20.2 Å². The molecular formula is C27H33ClFN5O3. The number of nitrogens with zero attached hydrogens (tertiary/aromatic N) is 4. The van der Waals surface area contributed by atoms with Crippen LogP contribution in [0.2, 0.25) is 5.02 Å². The average Bonchev–Trinajstić information content (AvgIpc) is 3.31. The van der Waals surface area contributed by atoms with Gasteiger partial charge in [-0.3, -0.25) is 9.69 Å². The molecule has 5 atom stereocenters. The molecule has 2 N–H and O–H groups in total. The van der Waals surface area contributed by atoms with Gasteiger partial charge in [0.05, 0.1) is 40.5 Å². The first-order valence-electron chi connectivity index (χ1n) is 12.9. The summed E-state index contributed by atoms with van der Waals surface area (Å²) in [5.74, 6) is -0.551. The van der Waals surface area contributed by atoms with Gasteiger partial charge in [0, 0.05) is 36.8 Å². The molecule has 5 rings (SSSR count). The largest absolute Gasteiger partial charge is 0.489 e. The molecule has 0 saturated carbocycles. The monoisotopic (exact) mass is 529 g/mol. The molecule has 2 aromatic rings. The van der Waals surface area contributed by atoms with Gasteiger partial charge in [-0.25, -0.2) is 14.4 Å². The Bertz CT molecular complexity index is 1200. The molecule has 37 heavy (non-hydrogen) atoms. The van der Waals surface area contributed by atoms with E-state index < -0.39 is 17.8 Å². The van der Waals surface area contributed by atoms with Crippen LogP contribution in [-0.4, -0.2) is 80.4 Å². The van der Waals surface area contributed by atoms with Gasteiger partial charge in [-0.2, -0.15) is 0 Å². The maximum atomic E-state index is 14.3. The van der Waals surface area contributed by atoms with Crippen molar-refractivity contribution >= 4 is 23.2 Å². The van der Waals surface area contributed by atoms with Crippen LogP contribution < -0.4 is 4.74 Å². The van der Waals surface area contributed by atoms with Gasteiger partial charge in [-0.1, -0.05) is 18.5 Å². The van der Waals surface area contributed by atoms with Gasteiger partial charge in [0.2, 0.25) is 0 Å². The lowest BCUT2D eigenvalue weighted by Crippen LogP contribution is -2.48. The van der Waals surface area contributed by atoms with Crippen molar-refractivity contribution < 1.29 is 19.0 Å². The lowest BCUT2D eigenvalue weighted by atomic mass is 9.99. The summed E-state index contributed by atoms with van der Waals surface area (Å²) in [6, 6.07) is 4.20. The Morgan fingerprint density at radius 3 is 2.65 bits per heavy atom. The van der Waals surface area contributed by atoms with Crippen LogP contribution in [-0.2, 0) is 0 Å². The Labute approximate surface area is 221 Å². The van der Waals surface area contributed by atoms with Gasteiger partial charge in [-0.05, 0) is 51.8 Å². The predicted molar refractivity (Wildman–Crippen MR) is 138 cm³/mol. The number of likely N-dealkylation sites (tertiary alicyclic amines) is 1. The Balaban J connectivity index is 1.34. The number of aryl methyl sites for hydroxylation is 2. The first-order valence-corrected chi connectivity index (χ1v) is 13.3. The van der Waals surface area contributed by atoms with Crippen LogP contribution in [0.4, 0.5) is 4.39 Å². The predicted octanol–water partition coefficient (Wildman–Crippen LogP) is 3.90. The van der Waals surface area contributed by atoms with Crippen LogP contribution in [0.15, 0.2) is 18.2 Å². The van der Waals surface area contributed by atoms with E-state index in [1.54, 1.807) is 18.7 Å². The van der Waals surface area contributed by atoms with Crippen molar-refractivity contribution in [2.45, 2.75) is 76.7 Å². The molecule has 4 heterocycles. The number of hydrogen-bond acceptors (Lipinski definition) is 7. The number of carbonyl (C=O) groups excluding carboxylic acids is 1. The fraction of sp³-hybridized carbons (Fsp3) is 0.556. The molecule has 0 aliphatic carbocycles. The zero-order chi connectivity index (χ0) is 26.4. The summed E-state index contributed by atoms with van der Waals surface area (Å²) < 4.78 is 20.5. The molecule has 8 nitrogen and oxygen atoms in total. The molecule has 10 heteroatoms. The molecule has 2 bridgehead atoms. The Hall–Kier alpha value is -2.62. The van der Waals surface area contributed by atoms with Crippen molar-refractivity contribution in [1.29, 1.82) is 5.41 Å². The molecule has 3 saturated heterocycles. The number of rotatable bonds is 6. The van der Waals surface area contributed by atoms with E-state index in [1.807, 2.05) is 0 Å². The van der Waals surface area contributed by atoms with Crippen molar-refractivity contribution in [2.75, 3.05) is 19.6 Å². The number of amides is 1. The van der Waals surface area contributed by atoms with Crippen molar-refractivity contribution in [1.82, 2.24) is 19.8 Å². The molecule has 198 valence electrons. The number of halogens is 2. The first-order chi connectivity index (χ1) is 17.7. The Morgan fingerprint density at radius 2 is 1.97 bits per heavy atom. The molecule has 5 unspecified atom stereocenters. The number of nitrogens with one attached hydrogen (secondary N) is 1. The number of benzene rings is 1. The second-order valence-corrected chi connectivity index (χ2v) is 10.8. The molecule has 0 spiro atoms. The molecule has 3 fully saturated rings. The summed E-state index contributed by atoms with van der Waals surface area (Å²) in [4.78, 5) is 26.4. The van der Waals surface area contributed by atoms with Crippen LogP contribution in [0.25, 0.3) is 0 Å². The third kappa shape index (κ3) is 4.96. The van der Waals surface area contributed by atoms with Crippen molar-refractivity contribution in [3.05, 3.63) is 51.8 Å². The number of fused-ring (bicyclic) bond motifs is 2. The number of aliphatic hydroxyl groups excluding tert-OH is 1. The molecule has 0 radical (unpaired) electrons. The molecule has 3 aliphatic rings. The van der Waals surface area contributed by atoms with E-state index in [9.17, 15) is 14.3 Å². The van der Waals surface area contributed by atoms with Gasteiger partial charge in [0.15, 0.2) is 0 Å². The molecule has 1 aromatic carbocycles. The van der Waals surface area contributed by atoms with E-state index in [0.29, 0.717) is 40.8 Å². The maximum Gasteiger partial charge on any atom is 0.257 e. The highest BCUT2D eigenvalue weighted by Gasteiger charge is 2.46. The topological polar surface area (TPSA) is 103 Å². The average molecular weight is 530 g/mol. The Morgan fingerprint density at radius 1 is 1.24 bits per heavy atom. The van der Waals surface area contributed by atoms with Gasteiger partial charge in [-0.15, -0.1) is 0 Å². The minimum absolute atomic E-state index is 0.0162. The number of carbonyl (C=O) groups is 1. The summed E-state index contributed by atoms with van der Waals surface area (Å²) in [5.41, 5.74) is 1.89. The minimum Gasteiger partial charge on any atom is -0.489 e. The molecule has 3 aliphatic heterocycles. The van der Waals surface area contributed by atoms with Gasteiger partial charge in [0.25, 0.3) is 5.91 Å². The van der Waals surface area contributed by atoms with E-state index in [1.165, 1.54) is 18.2 Å². The fourth-order valence-corrected chi connectivity index (χ4v) is 6.15. The lowest BCUT2D eigenvalue weighted by Gasteiger charge is -2.39. The molecule has 1 aromatic heterocycles. The maximum absolute atomic E-state index is 14.3. The minimum atomic E-state index is -0.481. The lowest BCUT2D eigenvalue weighted by molar-refractivity contribution is 0.0248. The van der Waals surface area contributed by atoms with E-state index in [4.69, 9.17) is 21.7 Å². The van der Waals surface area contributed by atoms with Crippen molar-refractivity contribution in [2.24, 2.45) is 0 Å². The SMILES string of the molecule is CCCN1C2CC(Oc3cc(F)ccc3C(=O)N3CC(=N)C(c4nc(C)c(Cl)c(C)n4)C3)CC1C(O)C2. The van der Waals surface area contributed by atoms with Crippen molar-refractivity contribution in [3.8, 4) is 5.75 Å². The molecular weight excluding hydrogens is 497 g/mol. The van der Waals surface area contributed by atoms with Gasteiger partial charge >= 0.3 is 0 Å². The van der Waals surface area contributed by atoms with E-state index in [0.717, 1.165) is 19.4 Å². The van der Waals surface area contributed by atoms with Crippen LogP contribution in [0.3, 0.4) is 0 Å². The third-order valence-corrected chi connectivity index (χ3v) is 8.37. The van der Waals surface area contributed by atoms with Crippen LogP contribution >= 0.6 is 11.6 Å². The third-order valence-electron chi connectivity index (χ3n) is 7.83. The normalized spacial score (nSPS) is 27.7. The summed E-state index contributed by atoms with van der Waals surface area (Å²) in [6.45, 7) is 7.03. The number of hydrogen-bond donors (Lipinski definition) is 2. The summed E-state index contributed by atoms with van der Waals surface area (Å²) in [5, 5.41) is 19.6. The standard InChI is InChI=1S/C27H33ClFN5O3/c1-4-7-34-17-9-18(11-22(34)23(35)10-17)37-24-8-16(29)5-6-19(24)27(36)33-12-20(21(30)13-33)26-31-14(2)25(28)15(3)32-26/h5-6,8,17-18,20,22-23,30,35H,4,7,9-13H2,1-3H3. The number of ether oxygens (including phenoxy) is 1. The highest BCUT2D eigenvalue weighted by Crippen LogP contribution is 2.38. The number of aromatic nitrogens is 2. The second-order valence-electron chi connectivity index (χ2n) is 10.4. The highest BCUT2D eigenvalue weighted by molar-refractivity contribution is 6.31.